The number of nitrogens with zero attached hydrogens (tertiary/aromatic N) is 1. The molecule has 0 fully saturated rings. The van der Waals surface area contributed by atoms with Crippen LogP contribution in [0.15, 0.2) is 47.4 Å². The standard InChI is InChI=1S/C16H18N2O/c1-13-2-4-14(5-3-13)6-7-15-8-10-18(11-9-17)16(19)12-15/h2-8,10,12H,9,11,17H2,1H3/b7-6+. The van der Waals surface area contributed by atoms with Gasteiger partial charge in [-0.1, -0.05) is 42.0 Å². The number of benzene rings is 1. The van der Waals surface area contributed by atoms with Crippen molar-refractivity contribution in [1.82, 2.24) is 4.57 Å². The van der Waals surface area contributed by atoms with Crippen molar-refractivity contribution >= 4 is 12.2 Å². The molecule has 0 aliphatic heterocycles. The number of pyridine rings is 1. The van der Waals surface area contributed by atoms with E-state index in [1.165, 1.54) is 5.56 Å². The minimum Gasteiger partial charge on any atom is -0.329 e. The van der Waals surface area contributed by atoms with E-state index in [0.717, 1.165) is 11.1 Å². The molecule has 0 aliphatic rings. The highest BCUT2D eigenvalue weighted by molar-refractivity contribution is 5.69. The van der Waals surface area contributed by atoms with Crippen molar-refractivity contribution in [3.05, 3.63) is 69.6 Å². The van der Waals surface area contributed by atoms with Crippen LogP contribution in [-0.4, -0.2) is 11.1 Å². The Bertz CT molecular complexity index is 624. The monoisotopic (exact) mass is 254 g/mol. The number of nitrogens with two attached hydrogens (primary N) is 1. The molecule has 0 unspecified atom stereocenters. The van der Waals surface area contributed by atoms with Crippen LogP contribution in [0.4, 0.5) is 0 Å². The summed E-state index contributed by atoms with van der Waals surface area (Å²) in [6.07, 6.45) is 5.73. The maximum atomic E-state index is 11.8. The van der Waals surface area contributed by atoms with E-state index in [2.05, 4.69) is 31.2 Å². The lowest BCUT2D eigenvalue weighted by Crippen LogP contribution is -2.22. The van der Waals surface area contributed by atoms with Crippen molar-refractivity contribution in [3.8, 4) is 0 Å². The maximum Gasteiger partial charge on any atom is 0.251 e. The van der Waals surface area contributed by atoms with Crippen LogP contribution in [0, 0.1) is 6.92 Å². The van der Waals surface area contributed by atoms with Crippen LogP contribution in [0.2, 0.25) is 0 Å². The Morgan fingerprint density at radius 1 is 1.11 bits per heavy atom. The summed E-state index contributed by atoms with van der Waals surface area (Å²) in [5.74, 6) is 0. The fraction of sp³-hybridized carbons (Fsp3) is 0.188. The lowest BCUT2D eigenvalue weighted by Gasteiger charge is -2.03. The molecule has 0 bridgehead atoms. The molecule has 98 valence electrons. The summed E-state index contributed by atoms with van der Waals surface area (Å²) in [6, 6.07) is 11.8. The number of hydrogen-bond donors (Lipinski definition) is 1. The van der Waals surface area contributed by atoms with E-state index in [9.17, 15) is 4.79 Å². The topological polar surface area (TPSA) is 48.0 Å². The van der Waals surface area contributed by atoms with Gasteiger partial charge in [0.15, 0.2) is 0 Å². The van der Waals surface area contributed by atoms with E-state index in [1.807, 2.05) is 18.2 Å². The zero-order valence-electron chi connectivity index (χ0n) is 11.0. The van der Waals surface area contributed by atoms with Crippen molar-refractivity contribution in [2.45, 2.75) is 13.5 Å². The highest BCUT2D eigenvalue weighted by Gasteiger charge is 1.95. The zero-order valence-corrected chi connectivity index (χ0v) is 11.0. The molecule has 1 aromatic carbocycles. The van der Waals surface area contributed by atoms with Crippen LogP contribution in [0.5, 0.6) is 0 Å². The van der Waals surface area contributed by atoms with Crippen molar-refractivity contribution < 1.29 is 0 Å². The minimum atomic E-state index is -0.0171. The molecule has 3 heteroatoms. The van der Waals surface area contributed by atoms with Crippen LogP contribution in [-0.2, 0) is 6.54 Å². The predicted molar refractivity (Wildman–Crippen MR) is 79.9 cm³/mol. The van der Waals surface area contributed by atoms with E-state index in [0.29, 0.717) is 13.1 Å². The van der Waals surface area contributed by atoms with Gasteiger partial charge in [-0.25, -0.2) is 0 Å². The Balaban J connectivity index is 2.17. The summed E-state index contributed by atoms with van der Waals surface area (Å²) in [5, 5.41) is 0. The summed E-state index contributed by atoms with van der Waals surface area (Å²) in [5.41, 5.74) is 8.68. The Morgan fingerprint density at radius 2 is 1.79 bits per heavy atom. The average molecular weight is 254 g/mol. The molecule has 19 heavy (non-hydrogen) atoms. The third-order valence-corrected chi connectivity index (χ3v) is 2.94. The predicted octanol–water partition coefficient (Wildman–Crippen LogP) is 2.29. The van der Waals surface area contributed by atoms with Crippen molar-refractivity contribution in [2.24, 2.45) is 5.73 Å². The number of aryl methyl sites for hydroxylation is 1. The van der Waals surface area contributed by atoms with Crippen molar-refractivity contribution in [2.75, 3.05) is 6.54 Å². The Kier molecular flexibility index (Phi) is 4.31. The van der Waals surface area contributed by atoms with Gasteiger partial charge >= 0.3 is 0 Å². The number of aromatic nitrogens is 1. The van der Waals surface area contributed by atoms with Gasteiger partial charge in [-0.2, -0.15) is 0 Å². The van der Waals surface area contributed by atoms with Gasteiger partial charge in [0.2, 0.25) is 0 Å². The molecule has 0 saturated heterocycles. The molecule has 1 heterocycles. The highest BCUT2D eigenvalue weighted by Crippen LogP contribution is 2.08. The Labute approximate surface area is 113 Å². The van der Waals surface area contributed by atoms with Gasteiger partial charge in [-0.05, 0) is 24.1 Å². The van der Waals surface area contributed by atoms with E-state index < -0.39 is 0 Å². The van der Waals surface area contributed by atoms with E-state index in [-0.39, 0.29) is 5.56 Å². The van der Waals surface area contributed by atoms with Crippen LogP contribution >= 0.6 is 0 Å². The maximum absolute atomic E-state index is 11.8. The smallest absolute Gasteiger partial charge is 0.251 e. The minimum absolute atomic E-state index is 0.0171. The molecule has 0 saturated carbocycles. The SMILES string of the molecule is Cc1ccc(/C=C/c2ccn(CCN)c(=O)c2)cc1. The van der Waals surface area contributed by atoms with Gasteiger partial charge in [0.1, 0.15) is 0 Å². The van der Waals surface area contributed by atoms with Crippen LogP contribution < -0.4 is 11.3 Å². The number of hydrogen-bond acceptors (Lipinski definition) is 2. The molecule has 0 spiro atoms. The van der Waals surface area contributed by atoms with Gasteiger partial charge in [-0.3, -0.25) is 4.79 Å². The first-order chi connectivity index (χ1) is 9.19. The van der Waals surface area contributed by atoms with Gasteiger partial charge in [0.25, 0.3) is 5.56 Å². The molecular weight excluding hydrogens is 236 g/mol. The van der Waals surface area contributed by atoms with Crippen LogP contribution in [0.25, 0.3) is 12.2 Å². The van der Waals surface area contributed by atoms with Gasteiger partial charge in [0.05, 0.1) is 0 Å². The summed E-state index contributed by atoms with van der Waals surface area (Å²) >= 11 is 0. The second-order valence-electron chi connectivity index (χ2n) is 4.52. The average Bonchev–Trinajstić information content (AvgIpc) is 2.41. The summed E-state index contributed by atoms with van der Waals surface area (Å²) in [6.45, 7) is 3.09. The lowest BCUT2D eigenvalue weighted by atomic mass is 10.1. The fourth-order valence-corrected chi connectivity index (χ4v) is 1.82. The molecule has 0 atom stereocenters. The molecule has 0 amide bonds. The zero-order chi connectivity index (χ0) is 13.7. The quantitative estimate of drug-likeness (QED) is 0.910. The molecule has 3 nitrogen and oxygen atoms in total. The molecule has 2 rings (SSSR count). The van der Waals surface area contributed by atoms with E-state index in [1.54, 1.807) is 16.8 Å². The molecule has 2 N–H and O–H groups in total. The van der Waals surface area contributed by atoms with Gasteiger partial charge < -0.3 is 10.3 Å². The van der Waals surface area contributed by atoms with Crippen LogP contribution in [0.1, 0.15) is 16.7 Å². The van der Waals surface area contributed by atoms with E-state index in [4.69, 9.17) is 5.73 Å². The van der Waals surface area contributed by atoms with Crippen molar-refractivity contribution in [3.63, 3.8) is 0 Å². The molecule has 0 radical (unpaired) electrons. The summed E-state index contributed by atoms with van der Waals surface area (Å²) < 4.78 is 1.61. The van der Waals surface area contributed by atoms with Gasteiger partial charge in [-0.15, -0.1) is 0 Å². The second kappa shape index (κ2) is 6.16. The first-order valence-electron chi connectivity index (χ1n) is 6.34. The van der Waals surface area contributed by atoms with Crippen molar-refractivity contribution in [1.29, 1.82) is 0 Å². The molecular formula is C16H18N2O. The molecule has 0 aliphatic carbocycles. The fourth-order valence-electron chi connectivity index (χ4n) is 1.82. The second-order valence-corrected chi connectivity index (χ2v) is 4.52. The number of rotatable bonds is 4. The summed E-state index contributed by atoms with van der Waals surface area (Å²) in [4.78, 5) is 11.8. The Hall–Kier alpha value is -2.13. The third kappa shape index (κ3) is 3.66. The van der Waals surface area contributed by atoms with Gasteiger partial charge in [0, 0.05) is 25.4 Å². The van der Waals surface area contributed by atoms with E-state index >= 15 is 0 Å². The molecule has 1 aromatic heterocycles. The lowest BCUT2D eigenvalue weighted by molar-refractivity contribution is 0.680. The highest BCUT2D eigenvalue weighted by atomic mass is 16.1. The molecule has 2 aromatic rings. The largest absolute Gasteiger partial charge is 0.329 e. The third-order valence-electron chi connectivity index (χ3n) is 2.94. The first kappa shape index (κ1) is 13.3. The summed E-state index contributed by atoms with van der Waals surface area (Å²) in [7, 11) is 0. The Morgan fingerprint density at radius 3 is 2.42 bits per heavy atom. The normalized spacial score (nSPS) is 11.1. The first-order valence-corrected chi connectivity index (χ1v) is 6.34. The van der Waals surface area contributed by atoms with Crippen LogP contribution in [0.3, 0.4) is 0 Å².